The van der Waals surface area contributed by atoms with E-state index in [9.17, 15) is 10.1 Å². The Bertz CT molecular complexity index is 672. The van der Waals surface area contributed by atoms with E-state index in [1.165, 1.54) is 18.2 Å². The minimum Gasteiger partial charge on any atom is -0.486 e. The molecule has 0 spiro atoms. The van der Waals surface area contributed by atoms with Gasteiger partial charge in [-0.25, -0.2) is 4.98 Å². The van der Waals surface area contributed by atoms with Crippen molar-refractivity contribution in [3.63, 3.8) is 0 Å². The number of nitro groups is 1. The topological polar surface area (TPSA) is 94.0 Å². The average Bonchev–Trinajstić information content (AvgIpc) is 2.84. The summed E-state index contributed by atoms with van der Waals surface area (Å²) in [7, 11) is 1.87. The zero-order chi connectivity index (χ0) is 14.5. The summed E-state index contributed by atoms with van der Waals surface area (Å²) in [5.41, 5.74) is 0.0250. The highest BCUT2D eigenvalue weighted by Gasteiger charge is 2.16. The van der Waals surface area contributed by atoms with Gasteiger partial charge in [0.25, 0.3) is 0 Å². The molecule has 0 saturated heterocycles. The van der Waals surface area contributed by atoms with Crippen LogP contribution in [0.2, 0.25) is 0 Å². The molecule has 1 aromatic carbocycles. The molecule has 0 N–H and O–H groups in total. The fraction of sp³-hybridized carbons (Fsp3) is 0.231. The van der Waals surface area contributed by atoms with Crippen LogP contribution in [0.3, 0.4) is 0 Å². The van der Waals surface area contributed by atoms with Gasteiger partial charge in [-0.1, -0.05) is 0 Å². The van der Waals surface area contributed by atoms with Gasteiger partial charge in [0.15, 0.2) is 5.75 Å². The Labute approximate surface area is 115 Å². The van der Waals surface area contributed by atoms with E-state index < -0.39 is 4.92 Å². The van der Waals surface area contributed by atoms with Crippen molar-refractivity contribution in [1.82, 2.24) is 9.55 Å². The molecule has 7 nitrogen and oxygen atoms in total. The molecule has 2 aromatic rings. The smallest absolute Gasteiger partial charge is 0.312 e. The van der Waals surface area contributed by atoms with Gasteiger partial charge < -0.3 is 9.30 Å². The van der Waals surface area contributed by atoms with Crippen LogP contribution in [-0.2, 0) is 13.5 Å². The van der Waals surface area contributed by atoms with Gasteiger partial charge in [0.1, 0.15) is 5.82 Å². The van der Waals surface area contributed by atoms with Gasteiger partial charge in [0.2, 0.25) is 0 Å². The molecule has 2 rings (SSSR count). The third-order valence-electron chi connectivity index (χ3n) is 2.79. The highest BCUT2D eigenvalue weighted by Crippen LogP contribution is 2.27. The van der Waals surface area contributed by atoms with Crippen LogP contribution in [0.4, 0.5) is 5.69 Å². The van der Waals surface area contributed by atoms with Crippen molar-refractivity contribution in [2.45, 2.75) is 6.42 Å². The molecular formula is C13H12N4O3. The summed E-state index contributed by atoms with van der Waals surface area (Å²) < 4.78 is 7.28. The first kappa shape index (κ1) is 13.5. The lowest BCUT2D eigenvalue weighted by atomic mass is 10.2. The average molecular weight is 272 g/mol. The summed E-state index contributed by atoms with van der Waals surface area (Å²) in [6.07, 6.45) is 4.04. The quantitative estimate of drug-likeness (QED) is 0.611. The van der Waals surface area contributed by atoms with Crippen molar-refractivity contribution in [1.29, 1.82) is 5.26 Å². The summed E-state index contributed by atoms with van der Waals surface area (Å²) in [5.74, 6) is 0.990. The van der Waals surface area contributed by atoms with Gasteiger partial charge in [0.05, 0.1) is 23.2 Å². The minimum absolute atomic E-state index is 0.156. The molecule has 7 heteroatoms. The lowest BCUT2D eigenvalue weighted by Gasteiger charge is -2.07. The number of benzene rings is 1. The standard InChI is InChI=1S/C13H12N4O3/c1-16-6-5-15-13(16)4-7-20-12-3-2-10(9-14)8-11(12)17(18)19/h2-3,5-6,8H,4,7H2,1H3. The Morgan fingerprint density at radius 3 is 2.95 bits per heavy atom. The molecule has 1 heterocycles. The summed E-state index contributed by atoms with van der Waals surface area (Å²) in [6.45, 7) is 0.275. The Kier molecular flexibility index (Phi) is 3.96. The molecule has 1 aromatic heterocycles. The van der Waals surface area contributed by atoms with Crippen LogP contribution in [0.5, 0.6) is 5.75 Å². The van der Waals surface area contributed by atoms with Gasteiger partial charge in [-0.05, 0) is 12.1 Å². The molecule has 0 fully saturated rings. The fourth-order valence-corrected chi connectivity index (χ4v) is 1.74. The van der Waals surface area contributed by atoms with Crippen LogP contribution in [0.15, 0.2) is 30.6 Å². The number of aryl methyl sites for hydroxylation is 1. The van der Waals surface area contributed by atoms with Gasteiger partial charge in [-0.15, -0.1) is 0 Å². The van der Waals surface area contributed by atoms with E-state index >= 15 is 0 Å². The van der Waals surface area contributed by atoms with E-state index in [0.717, 1.165) is 5.82 Å². The van der Waals surface area contributed by atoms with Crippen LogP contribution in [0.25, 0.3) is 0 Å². The molecule has 0 unspecified atom stereocenters. The maximum atomic E-state index is 10.9. The Hall–Kier alpha value is -2.88. The first-order chi connectivity index (χ1) is 9.61. The SMILES string of the molecule is Cn1ccnc1CCOc1ccc(C#N)cc1[N+](=O)[O-]. The predicted molar refractivity (Wildman–Crippen MR) is 70.2 cm³/mol. The second kappa shape index (κ2) is 5.84. The number of nitrogens with zero attached hydrogens (tertiary/aromatic N) is 4. The number of hydrogen-bond donors (Lipinski definition) is 0. The highest BCUT2D eigenvalue weighted by molar-refractivity contribution is 5.51. The van der Waals surface area contributed by atoms with Gasteiger partial charge in [-0.2, -0.15) is 5.26 Å². The monoisotopic (exact) mass is 272 g/mol. The lowest BCUT2D eigenvalue weighted by molar-refractivity contribution is -0.385. The maximum absolute atomic E-state index is 10.9. The number of nitro benzene ring substituents is 1. The molecule has 102 valence electrons. The van der Waals surface area contributed by atoms with E-state index in [2.05, 4.69) is 4.98 Å². The molecule has 0 aliphatic carbocycles. The van der Waals surface area contributed by atoms with Crippen LogP contribution in [-0.4, -0.2) is 21.1 Å². The molecule has 0 atom stereocenters. The van der Waals surface area contributed by atoms with Crippen molar-refractivity contribution in [2.24, 2.45) is 7.05 Å². The van der Waals surface area contributed by atoms with E-state index in [0.29, 0.717) is 6.42 Å². The van der Waals surface area contributed by atoms with E-state index in [1.54, 1.807) is 6.20 Å². The van der Waals surface area contributed by atoms with Crippen molar-refractivity contribution < 1.29 is 9.66 Å². The van der Waals surface area contributed by atoms with Gasteiger partial charge in [-0.3, -0.25) is 10.1 Å². The van der Waals surface area contributed by atoms with Crippen molar-refractivity contribution >= 4 is 5.69 Å². The third kappa shape index (κ3) is 2.92. The van der Waals surface area contributed by atoms with Gasteiger partial charge >= 0.3 is 5.69 Å². The fourth-order valence-electron chi connectivity index (χ4n) is 1.74. The summed E-state index contributed by atoms with van der Waals surface area (Å²) in [4.78, 5) is 14.5. The van der Waals surface area contributed by atoms with Gasteiger partial charge in [0, 0.05) is 31.9 Å². The second-order valence-electron chi connectivity index (χ2n) is 4.10. The Balaban J connectivity index is 2.08. The minimum atomic E-state index is -0.559. The van der Waals surface area contributed by atoms with E-state index in [1.807, 2.05) is 23.9 Å². The number of ether oxygens (including phenoxy) is 1. The van der Waals surface area contributed by atoms with Crippen molar-refractivity contribution in [3.8, 4) is 11.8 Å². The van der Waals surface area contributed by atoms with E-state index in [4.69, 9.17) is 10.00 Å². The highest BCUT2D eigenvalue weighted by atomic mass is 16.6. The Morgan fingerprint density at radius 2 is 2.35 bits per heavy atom. The number of imidazole rings is 1. The molecule has 0 saturated carbocycles. The number of rotatable bonds is 5. The molecule has 20 heavy (non-hydrogen) atoms. The lowest BCUT2D eigenvalue weighted by Crippen LogP contribution is -2.07. The number of nitriles is 1. The Morgan fingerprint density at radius 1 is 1.55 bits per heavy atom. The van der Waals surface area contributed by atoms with Crippen LogP contribution >= 0.6 is 0 Å². The molecule has 0 aliphatic heterocycles. The number of hydrogen-bond acceptors (Lipinski definition) is 5. The van der Waals surface area contributed by atoms with Crippen LogP contribution in [0.1, 0.15) is 11.4 Å². The van der Waals surface area contributed by atoms with Crippen molar-refractivity contribution in [3.05, 3.63) is 52.1 Å². The van der Waals surface area contributed by atoms with Crippen LogP contribution < -0.4 is 4.74 Å². The summed E-state index contributed by atoms with van der Waals surface area (Å²) in [5, 5.41) is 19.7. The molecule has 0 amide bonds. The maximum Gasteiger partial charge on any atom is 0.312 e. The zero-order valence-corrected chi connectivity index (χ0v) is 10.8. The molecule has 0 bridgehead atoms. The van der Waals surface area contributed by atoms with E-state index in [-0.39, 0.29) is 23.6 Å². The first-order valence-electron chi connectivity index (χ1n) is 5.89. The molecule has 0 radical (unpaired) electrons. The first-order valence-corrected chi connectivity index (χ1v) is 5.89. The predicted octanol–water partition coefficient (Wildman–Crippen LogP) is 1.82. The normalized spacial score (nSPS) is 10.0. The third-order valence-corrected chi connectivity index (χ3v) is 2.79. The summed E-state index contributed by atoms with van der Waals surface area (Å²) in [6, 6.07) is 6.00. The molecule has 0 aliphatic rings. The molecular weight excluding hydrogens is 260 g/mol. The summed E-state index contributed by atoms with van der Waals surface area (Å²) >= 11 is 0. The largest absolute Gasteiger partial charge is 0.486 e. The zero-order valence-electron chi connectivity index (χ0n) is 10.8. The van der Waals surface area contributed by atoms with Crippen LogP contribution in [0, 0.1) is 21.4 Å². The van der Waals surface area contributed by atoms with Crippen molar-refractivity contribution in [2.75, 3.05) is 6.61 Å². The second-order valence-corrected chi connectivity index (χ2v) is 4.10. The number of aromatic nitrogens is 2.